The number of nitrogens with one attached hydrogen (secondary N) is 1. The third-order valence-corrected chi connectivity index (χ3v) is 5.13. The first-order valence-electron chi connectivity index (χ1n) is 7.58. The second-order valence-corrected chi connectivity index (χ2v) is 7.55. The second kappa shape index (κ2) is 7.96. The van der Waals surface area contributed by atoms with Crippen LogP contribution in [0.15, 0.2) is 18.2 Å². The summed E-state index contributed by atoms with van der Waals surface area (Å²) in [5.74, 6) is -0.382. The highest BCUT2D eigenvalue weighted by molar-refractivity contribution is 7.88. The maximum atomic E-state index is 12.3. The zero-order valence-corrected chi connectivity index (χ0v) is 14.7. The van der Waals surface area contributed by atoms with Crippen molar-refractivity contribution in [1.82, 2.24) is 9.62 Å². The first kappa shape index (κ1) is 19.4. The van der Waals surface area contributed by atoms with Crippen LogP contribution < -0.4 is 14.8 Å². The maximum Gasteiger partial charge on any atom is 0.387 e. The molecule has 1 amide bonds. The zero-order chi connectivity index (χ0) is 18.6. The third kappa shape index (κ3) is 5.02. The molecule has 10 heteroatoms. The molecular formula is C15H20F2N2O5S. The first-order chi connectivity index (χ1) is 11.7. The van der Waals surface area contributed by atoms with Crippen molar-refractivity contribution in [3.8, 4) is 11.5 Å². The lowest BCUT2D eigenvalue weighted by atomic mass is 10.1. The van der Waals surface area contributed by atoms with Gasteiger partial charge in [-0.15, -0.1) is 0 Å². The molecule has 1 aromatic rings. The molecule has 1 heterocycles. The van der Waals surface area contributed by atoms with Gasteiger partial charge in [-0.05, 0) is 30.5 Å². The van der Waals surface area contributed by atoms with Gasteiger partial charge >= 0.3 is 6.61 Å². The van der Waals surface area contributed by atoms with Crippen molar-refractivity contribution in [2.24, 2.45) is 0 Å². The van der Waals surface area contributed by atoms with Crippen LogP contribution in [0.4, 0.5) is 8.78 Å². The minimum absolute atomic E-state index is 0.105. The molecular weight excluding hydrogens is 358 g/mol. The number of carbonyl (C=O) groups is 1. The number of hydrogen-bond donors (Lipinski definition) is 1. The first-order valence-corrected chi connectivity index (χ1v) is 9.43. The normalized spacial score (nSPS) is 18.4. The number of hydrogen-bond acceptors (Lipinski definition) is 5. The lowest BCUT2D eigenvalue weighted by molar-refractivity contribution is -0.124. The van der Waals surface area contributed by atoms with Crippen molar-refractivity contribution in [3.05, 3.63) is 23.8 Å². The summed E-state index contributed by atoms with van der Waals surface area (Å²) in [5.41, 5.74) is 0.607. The van der Waals surface area contributed by atoms with Gasteiger partial charge in [0.25, 0.3) is 0 Å². The quantitative estimate of drug-likeness (QED) is 0.774. The van der Waals surface area contributed by atoms with Crippen molar-refractivity contribution in [3.63, 3.8) is 0 Å². The Labute approximate surface area is 145 Å². The van der Waals surface area contributed by atoms with Crippen LogP contribution in [0.3, 0.4) is 0 Å². The molecule has 0 aromatic heterocycles. The monoisotopic (exact) mass is 378 g/mol. The van der Waals surface area contributed by atoms with E-state index < -0.39 is 28.6 Å². The molecule has 1 unspecified atom stereocenters. The summed E-state index contributed by atoms with van der Waals surface area (Å²) in [6.07, 6.45) is 2.16. The van der Waals surface area contributed by atoms with Crippen LogP contribution in [0, 0.1) is 0 Å². The maximum absolute atomic E-state index is 12.3. The summed E-state index contributed by atoms with van der Waals surface area (Å²) in [5, 5.41) is 2.66. The lowest BCUT2D eigenvalue weighted by Gasteiger charge is -2.21. The highest BCUT2D eigenvalue weighted by Crippen LogP contribution is 2.29. The zero-order valence-electron chi connectivity index (χ0n) is 13.9. The van der Waals surface area contributed by atoms with E-state index in [4.69, 9.17) is 4.74 Å². The number of halogens is 2. The average molecular weight is 378 g/mol. The number of methoxy groups -OCH3 is 1. The lowest BCUT2D eigenvalue weighted by Crippen LogP contribution is -2.45. The summed E-state index contributed by atoms with van der Waals surface area (Å²) in [6.45, 7) is -2.54. The summed E-state index contributed by atoms with van der Waals surface area (Å²) in [6, 6.07) is 3.59. The van der Waals surface area contributed by atoms with Crippen LogP contribution in [-0.2, 0) is 21.4 Å². The summed E-state index contributed by atoms with van der Waals surface area (Å²) < 4.78 is 58.5. The van der Waals surface area contributed by atoms with Gasteiger partial charge in [-0.3, -0.25) is 4.79 Å². The van der Waals surface area contributed by atoms with E-state index >= 15 is 0 Å². The van der Waals surface area contributed by atoms with Gasteiger partial charge in [-0.25, -0.2) is 8.42 Å². The fraction of sp³-hybridized carbons (Fsp3) is 0.533. The Morgan fingerprint density at radius 1 is 1.40 bits per heavy atom. The number of amides is 1. The van der Waals surface area contributed by atoms with Crippen molar-refractivity contribution < 1.29 is 31.5 Å². The number of sulfonamides is 1. The Hall–Kier alpha value is -1.94. The number of benzene rings is 1. The molecule has 0 spiro atoms. The molecule has 0 saturated carbocycles. The summed E-state index contributed by atoms with van der Waals surface area (Å²) in [4.78, 5) is 12.3. The summed E-state index contributed by atoms with van der Waals surface area (Å²) >= 11 is 0. The van der Waals surface area contributed by atoms with Crippen LogP contribution in [-0.4, -0.2) is 51.2 Å². The Kier molecular flexibility index (Phi) is 6.17. The van der Waals surface area contributed by atoms with E-state index in [1.165, 1.54) is 29.6 Å². The van der Waals surface area contributed by atoms with Gasteiger partial charge in [0.05, 0.1) is 13.4 Å². The SMILES string of the molecule is COc1cc(CNC(=O)C2CCCN2S(C)(=O)=O)ccc1OC(F)F. The van der Waals surface area contributed by atoms with E-state index in [-0.39, 0.29) is 18.0 Å². The Balaban J connectivity index is 2.02. The van der Waals surface area contributed by atoms with Crippen molar-refractivity contribution in [2.75, 3.05) is 19.9 Å². The largest absolute Gasteiger partial charge is 0.493 e. The number of nitrogens with zero attached hydrogens (tertiary/aromatic N) is 1. The molecule has 7 nitrogen and oxygen atoms in total. The van der Waals surface area contributed by atoms with Crippen LogP contribution in [0.25, 0.3) is 0 Å². The molecule has 2 rings (SSSR count). The smallest absolute Gasteiger partial charge is 0.387 e. The Morgan fingerprint density at radius 2 is 2.12 bits per heavy atom. The van der Waals surface area contributed by atoms with E-state index in [0.717, 1.165) is 6.26 Å². The molecule has 0 aliphatic carbocycles. The third-order valence-electron chi connectivity index (χ3n) is 3.84. The summed E-state index contributed by atoms with van der Waals surface area (Å²) in [7, 11) is -2.12. The van der Waals surface area contributed by atoms with E-state index in [1.54, 1.807) is 0 Å². The molecule has 0 bridgehead atoms. The minimum atomic E-state index is -3.44. The molecule has 1 fully saturated rings. The molecule has 140 valence electrons. The Bertz CT molecular complexity index is 727. The molecule has 25 heavy (non-hydrogen) atoms. The number of alkyl halides is 2. The highest BCUT2D eigenvalue weighted by Gasteiger charge is 2.36. The topological polar surface area (TPSA) is 84.9 Å². The van der Waals surface area contributed by atoms with E-state index in [1.807, 2.05) is 0 Å². The molecule has 1 aliphatic heterocycles. The van der Waals surface area contributed by atoms with E-state index in [0.29, 0.717) is 24.9 Å². The van der Waals surface area contributed by atoms with Crippen molar-refractivity contribution in [1.29, 1.82) is 0 Å². The molecule has 1 atom stereocenters. The predicted octanol–water partition coefficient (Wildman–Crippen LogP) is 1.34. The average Bonchev–Trinajstić information content (AvgIpc) is 3.03. The van der Waals surface area contributed by atoms with Gasteiger partial charge in [0.1, 0.15) is 6.04 Å². The molecule has 1 aliphatic rings. The highest BCUT2D eigenvalue weighted by atomic mass is 32.2. The molecule has 0 radical (unpaired) electrons. The van der Waals surface area contributed by atoms with Crippen LogP contribution in [0.5, 0.6) is 11.5 Å². The fourth-order valence-corrected chi connectivity index (χ4v) is 3.85. The Morgan fingerprint density at radius 3 is 2.72 bits per heavy atom. The fourth-order valence-electron chi connectivity index (χ4n) is 2.72. The second-order valence-electron chi connectivity index (χ2n) is 5.61. The van der Waals surface area contributed by atoms with Crippen molar-refractivity contribution in [2.45, 2.75) is 32.0 Å². The molecule has 1 N–H and O–H groups in total. The number of carbonyl (C=O) groups excluding carboxylic acids is 1. The van der Waals surface area contributed by atoms with Gasteiger partial charge in [-0.1, -0.05) is 6.07 Å². The van der Waals surface area contributed by atoms with Crippen molar-refractivity contribution >= 4 is 15.9 Å². The predicted molar refractivity (Wildman–Crippen MR) is 86.0 cm³/mol. The number of rotatable bonds is 7. The van der Waals surface area contributed by atoms with E-state index in [2.05, 4.69) is 10.1 Å². The van der Waals surface area contributed by atoms with Gasteiger partial charge < -0.3 is 14.8 Å². The standard InChI is InChI=1S/C15H20F2N2O5S/c1-23-13-8-10(5-6-12(13)24-15(16)17)9-18-14(20)11-4-3-7-19(11)25(2,21)22/h5-6,8,11,15H,3-4,7,9H2,1-2H3,(H,18,20). The van der Waals surface area contributed by atoms with Gasteiger partial charge in [0.2, 0.25) is 15.9 Å². The minimum Gasteiger partial charge on any atom is -0.493 e. The molecule has 1 aromatic carbocycles. The molecule has 1 saturated heterocycles. The number of ether oxygens (including phenoxy) is 2. The van der Waals surface area contributed by atoms with Crippen LogP contribution in [0.1, 0.15) is 18.4 Å². The van der Waals surface area contributed by atoms with Gasteiger partial charge in [-0.2, -0.15) is 13.1 Å². The van der Waals surface area contributed by atoms with Gasteiger partial charge in [0, 0.05) is 13.1 Å². The van der Waals surface area contributed by atoms with E-state index in [9.17, 15) is 22.0 Å². The van der Waals surface area contributed by atoms with Crippen LogP contribution >= 0.6 is 0 Å². The van der Waals surface area contributed by atoms with Crippen LogP contribution in [0.2, 0.25) is 0 Å². The van der Waals surface area contributed by atoms with Gasteiger partial charge in [0.15, 0.2) is 11.5 Å².